The van der Waals surface area contributed by atoms with Crippen LogP contribution < -0.4 is 20.5 Å². The fourth-order valence-corrected chi connectivity index (χ4v) is 1.50. The molecule has 1 aromatic carbocycles. The molecular weight excluding hydrogens is 232 g/mol. The second kappa shape index (κ2) is 6.26. The zero-order chi connectivity index (χ0) is 13.6. The lowest BCUT2D eigenvalue weighted by molar-refractivity contribution is -0.124. The first-order valence-corrected chi connectivity index (χ1v) is 5.83. The molecule has 0 saturated carbocycles. The van der Waals surface area contributed by atoms with Crippen LogP contribution in [0.15, 0.2) is 24.3 Å². The van der Waals surface area contributed by atoms with Gasteiger partial charge in [0.05, 0.1) is 7.11 Å². The summed E-state index contributed by atoms with van der Waals surface area (Å²) in [5.41, 5.74) is 4.50. The quantitative estimate of drug-likeness (QED) is 0.757. The molecule has 0 spiro atoms. The van der Waals surface area contributed by atoms with Crippen LogP contribution in [0.5, 0.6) is 11.5 Å². The van der Waals surface area contributed by atoms with Crippen LogP contribution in [0.3, 0.4) is 0 Å². The lowest BCUT2D eigenvalue weighted by Crippen LogP contribution is -2.57. The van der Waals surface area contributed by atoms with E-state index in [0.717, 1.165) is 5.75 Å². The molecule has 0 aliphatic rings. The highest BCUT2D eigenvalue weighted by atomic mass is 16.5. The van der Waals surface area contributed by atoms with Gasteiger partial charge >= 0.3 is 0 Å². The molecule has 5 heteroatoms. The summed E-state index contributed by atoms with van der Waals surface area (Å²) in [5, 5.41) is 3.03. The van der Waals surface area contributed by atoms with Crippen molar-refractivity contribution in [2.45, 2.75) is 19.4 Å². The molecule has 18 heavy (non-hydrogen) atoms. The standard InChI is InChI=1S/C13H20N2O3/c1-4-15-13(2,12(14)16)9-18-11-7-5-10(17-3)6-8-11/h5-8,15H,4,9H2,1-3H3,(H2,14,16). The predicted octanol–water partition coefficient (Wildman–Crippen LogP) is 0.927. The minimum atomic E-state index is -0.866. The summed E-state index contributed by atoms with van der Waals surface area (Å²) in [6.07, 6.45) is 0. The van der Waals surface area contributed by atoms with Crippen LogP contribution in [0.4, 0.5) is 0 Å². The number of carbonyl (C=O) groups excluding carboxylic acids is 1. The third kappa shape index (κ3) is 3.63. The van der Waals surface area contributed by atoms with Gasteiger partial charge in [0.1, 0.15) is 23.6 Å². The molecule has 3 N–H and O–H groups in total. The Hall–Kier alpha value is -1.75. The number of hydrogen-bond donors (Lipinski definition) is 2. The van der Waals surface area contributed by atoms with Crippen LogP contribution in [0.25, 0.3) is 0 Å². The largest absolute Gasteiger partial charge is 0.497 e. The van der Waals surface area contributed by atoms with E-state index in [0.29, 0.717) is 12.3 Å². The molecular formula is C13H20N2O3. The number of nitrogens with one attached hydrogen (secondary N) is 1. The van der Waals surface area contributed by atoms with E-state index in [-0.39, 0.29) is 6.61 Å². The van der Waals surface area contributed by atoms with E-state index in [1.165, 1.54) is 0 Å². The van der Waals surface area contributed by atoms with E-state index in [1.807, 2.05) is 6.92 Å². The maximum absolute atomic E-state index is 11.4. The highest BCUT2D eigenvalue weighted by molar-refractivity contribution is 5.84. The van der Waals surface area contributed by atoms with Crippen LogP contribution in [-0.4, -0.2) is 31.7 Å². The van der Waals surface area contributed by atoms with E-state index < -0.39 is 11.4 Å². The lowest BCUT2D eigenvalue weighted by atomic mass is 10.0. The van der Waals surface area contributed by atoms with Gasteiger partial charge in [-0.2, -0.15) is 0 Å². The lowest BCUT2D eigenvalue weighted by Gasteiger charge is -2.26. The van der Waals surface area contributed by atoms with Crippen molar-refractivity contribution in [3.8, 4) is 11.5 Å². The Labute approximate surface area is 107 Å². The summed E-state index contributed by atoms with van der Waals surface area (Å²) in [6.45, 7) is 4.46. The van der Waals surface area contributed by atoms with Gasteiger partial charge in [0.25, 0.3) is 0 Å². The number of nitrogens with two attached hydrogens (primary N) is 1. The minimum absolute atomic E-state index is 0.183. The van der Waals surface area contributed by atoms with Crippen molar-refractivity contribution < 1.29 is 14.3 Å². The van der Waals surface area contributed by atoms with E-state index in [2.05, 4.69) is 5.32 Å². The number of carbonyl (C=O) groups is 1. The average molecular weight is 252 g/mol. The molecule has 0 aromatic heterocycles. The Balaban J connectivity index is 2.64. The molecule has 0 saturated heterocycles. The van der Waals surface area contributed by atoms with Crippen LogP contribution in [0, 0.1) is 0 Å². The van der Waals surface area contributed by atoms with E-state index >= 15 is 0 Å². The zero-order valence-corrected chi connectivity index (χ0v) is 11.0. The first-order valence-electron chi connectivity index (χ1n) is 5.83. The maximum atomic E-state index is 11.4. The van der Waals surface area contributed by atoms with Gasteiger partial charge in [0, 0.05) is 0 Å². The molecule has 0 aliphatic carbocycles. The highest BCUT2D eigenvalue weighted by Crippen LogP contribution is 2.18. The third-order valence-electron chi connectivity index (χ3n) is 2.70. The number of hydrogen-bond acceptors (Lipinski definition) is 4. The van der Waals surface area contributed by atoms with Gasteiger partial charge in [-0.25, -0.2) is 0 Å². The molecule has 5 nitrogen and oxygen atoms in total. The Morgan fingerprint density at radius 1 is 1.33 bits per heavy atom. The van der Waals surface area contributed by atoms with Crippen LogP contribution in [0.1, 0.15) is 13.8 Å². The Morgan fingerprint density at radius 3 is 2.33 bits per heavy atom. The van der Waals surface area contributed by atoms with Gasteiger partial charge in [0.15, 0.2) is 0 Å². The summed E-state index contributed by atoms with van der Waals surface area (Å²) in [4.78, 5) is 11.4. The predicted molar refractivity (Wildman–Crippen MR) is 69.8 cm³/mol. The van der Waals surface area contributed by atoms with Crippen LogP contribution >= 0.6 is 0 Å². The topological polar surface area (TPSA) is 73.6 Å². The van der Waals surface area contributed by atoms with Crippen molar-refractivity contribution in [2.75, 3.05) is 20.3 Å². The summed E-state index contributed by atoms with van der Waals surface area (Å²) < 4.78 is 10.6. The summed E-state index contributed by atoms with van der Waals surface area (Å²) in [5.74, 6) is 0.991. The molecule has 0 aliphatic heterocycles. The van der Waals surface area contributed by atoms with Crippen molar-refractivity contribution in [1.29, 1.82) is 0 Å². The fraction of sp³-hybridized carbons (Fsp3) is 0.462. The number of likely N-dealkylation sites (N-methyl/N-ethyl adjacent to an activating group) is 1. The molecule has 0 fully saturated rings. The fourth-order valence-electron chi connectivity index (χ4n) is 1.50. The van der Waals surface area contributed by atoms with Crippen LogP contribution in [-0.2, 0) is 4.79 Å². The van der Waals surface area contributed by atoms with Crippen molar-refractivity contribution in [2.24, 2.45) is 5.73 Å². The maximum Gasteiger partial charge on any atom is 0.240 e. The second-order valence-electron chi connectivity index (χ2n) is 4.19. The van der Waals surface area contributed by atoms with Gasteiger partial charge in [0.2, 0.25) is 5.91 Å². The molecule has 1 amide bonds. The molecule has 1 unspecified atom stereocenters. The number of benzene rings is 1. The average Bonchev–Trinajstić information content (AvgIpc) is 2.37. The molecule has 0 heterocycles. The number of ether oxygens (including phenoxy) is 2. The third-order valence-corrected chi connectivity index (χ3v) is 2.70. The Bertz CT molecular complexity index is 392. The Morgan fingerprint density at radius 2 is 1.89 bits per heavy atom. The zero-order valence-electron chi connectivity index (χ0n) is 11.0. The van der Waals surface area contributed by atoms with Gasteiger partial charge in [-0.3, -0.25) is 4.79 Å². The molecule has 0 bridgehead atoms. The molecule has 1 rings (SSSR count). The summed E-state index contributed by atoms with van der Waals surface area (Å²) in [6, 6.07) is 7.16. The number of amides is 1. The molecule has 0 radical (unpaired) electrons. The number of primary amides is 1. The normalized spacial score (nSPS) is 13.7. The number of methoxy groups -OCH3 is 1. The summed E-state index contributed by atoms with van der Waals surface area (Å²) in [7, 11) is 1.60. The SMILES string of the molecule is CCNC(C)(COc1ccc(OC)cc1)C(N)=O. The smallest absolute Gasteiger partial charge is 0.240 e. The molecule has 100 valence electrons. The van der Waals surface area contributed by atoms with Crippen molar-refractivity contribution >= 4 is 5.91 Å². The Kier molecular flexibility index (Phi) is 4.97. The van der Waals surface area contributed by atoms with Gasteiger partial charge in [-0.05, 0) is 37.7 Å². The van der Waals surface area contributed by atoms with Crippen molar-refractivity contribution in [3.63, 3.8) is 0 Å². The van der Waals surface area contributed by atoms with E-state index in [1.54, 1.807) is 38.3 Å². The minimum Gasteiger partial charge on any atom is -0.497 e. The molecule has 1 atom stereocenters. The van der Waals surface area contributed by atoms with Gasteiger partial charge < -0.3 is 20.5 Å². The highest BCUT2D eigenvalue weighted by Gasteiger charge is 2.30. The summed E-state index contributed by atoms with van der Waals surface area (Å²) >= 11 is 0. The van der Waals surface area contributed by atoms with Gasteiger partial charge in [-0.1, -0.05) is 6.92 Å². The van der Waals surface area contributed by atoms with E-state index in [9.17, 15) is 4.79 Å². The van der Waals surface area contributed by atoms with Gasteiger partial charge in [-0.15, -0.1) is 0 Å². The molecule has 1 aromatic rings. The first-order chi connectivity index (χ1) is 8.51. The van der Waals surface area contributed by atoms with Crippen molar-refractivity contribution in [1.82, 2.24) is 5.32 Å². The second-order valence-corrected chi connectivity index (χ2v) is 4.19. The number of rotatable bonds is 7. The first kappa shape index (κ1) is 14.3. The van der Waals surface area contributed by atoms with Crippen LogP contribution in [0.2, 0.25) is 0 Å². The van der Waals surface area contributed by atoms with Crippen molar-refractivity contribution in [3.05, 3.63) is 24.3 Å². The van der Waals surface area contributed by atoms with E-state index in [4.69, 9.17) is 15.2 Å². The monoisotopic (exact) mass is 252 g/mol.